The molecule has 1 aliphatic heterocycles. The molecule has 8 nitrogen and oxygen atoms in total. The third kappa shape index (κ3) is 6.86. The molecular formula is C26H31N5O3S. The zero-order chi connectivity index (χ0) is 24.6. The summed E-state index contributed by atoms with van der Waals surface area (Å²) in [5.41, 5.74) is 2.08. The maximum atomic E-state index is 12.8. The van der Waals surface area contributed by atoms with E-state index in [1.165, 1.54) is 11.3 Å². The van der Waals surface area contributed by atoms with Gasteiger partial charge in [0.1, 0.15) is 0 Å². The first-order valence-corrected chi connectivity index (χ1v) is 12.8. The Kier molecular flexibility index (Phi) is 8.44. The number of nitrogens with one attached hydrogen (secondary N) is 2. The van der Waals surface area contributed by atoms with Crippen molar-refractivity contribution in [1.82, 2.24) is 20.1 Å². The minimum absolute atomic E-state index is 0.0407. The Morgan fingerprint density at radius 2 is 1.71 bits per heavy atom. The molecule has 4 rings (SSSR count). The van der Waals surface area contributed by atoms with Crippen LogP contribution >= 0.6 is 11.3 Å². The van der Waals surface area contributed by atoms with Gasteiger partial charge in [0, 0.05) is 50.3 Å². The quantitative estimate of drug-likeness (QED) is 0.444. The fourth-order valence-corrected chi connectivity index (χ4v) is 4.89. The summed E-state index contributed by atoms with van der Waals surface area (Å²) in [6, 6.07) is 14.6. The maximum Gasteiger partial charge on any atom is 0.253 e. The van der Waals surface area contributed by atoms with E-state index in [1.807, 2.05) is 41.3 Å². The number of amides is 3. The zero-order valence-corrected chi connectivity index (χ0v) is 20.8. The fourth-order valence-electron chi connectivity index (χ4n) is 3.97. The first-order chi connectivity index (χ1) is 17.0. The standard InChI is InChI=1S/C26H31N5O3S/c1-30-14-16-31(17-15-30)25(34)20-11-12-21-22(18-20)35-26(28-21)29-23(32)10-6-3-7-13-27-24(33)19-8-4-2-5-9-19/h2,4-5,8-9,11-12,18H,3,6-7,10,13-17H2,1H3,(H,27,33)(H,28,29,32). The van der Waals surface area contributed by atoms with Crippen LogP contribution < -0.4 is 10.6 Å². The van der Waals surface area contributed by atoms with Gasteiger partial charge in [-0.1, -0.05) is 36.0 Å². The molecule has 0 radical (unpaired) electrons. The molecule has 3 amide bonds. The highest BCUT2D eigenvalue weighted by Crippen LogP contribution is 2.27. The third-order valence-corrected chi connectivity index (χ3v) is 7.01. The summed E-state index contributed by atoms with van der Waals surface area (Å²) < 4.78 is 0.884. The highest BCUT2D eigenvalue weighted by atomic mass is 32.1. The van der Waals surface area contributed by atoms with Crippen molar-refractivity contribution in [2.75, 3.05) is 45.1 Å². The lowest BCUT2D eigenvalue weighted by atomic mass is 10.1. The number of benzene rings is 2. The highest BCUT2D eigenvalue weighted by molar-refractivity contribution is 7.22. The summed E-state index contributed by atoms with van der Waals surface area (Å²) in [7, 11) is 2.06. The third-order valence-electron chi connectivity index (χ3n) is 6.07. The van der Waals surface area contributed by atoms with Crippen molar-refractivity contribution in [1.29, 1.82) is 0 Å². The number of fused-ring (bicyclic) bond motifs is 1. The molecule has 1 fully saturated rings. The number of anilines is 1. The second-order valence-electron chi connectivity index (χ2n) is 8.78. The first-order valence-electron chi connectivity index (χ1n) is 12.0. The Hall–Kier alpha value is -3.30. The van der Waals surface area contributed by atoms with E-state index >= 15 is 0 Å². The van der Waals surface area contributed by atoms with Gasteiger partial charge in [0.05, 0.1) is 10.2 Å². The predicted octanol–water partition coefficient (Wildman–Crippen LogP) is 3.61. The van der Waals surface area contributed by atoms with Gasteiger partial charge in [0.15, 0.2) is 5.13 Å². The van der Waals surface area contributed by atoms with Gasteiger partial charge in [-0.3, -0.25) is 14.4 Å². The summed E-state index contributed by atoms with van der Waals surface area (Å²) in [4.78, 5) is 45.8. The van der Waals surface area contributed by atoms with Crippen LogP contribution in [0.15, 0.2) is 48.5 Å². The average Bonchev–Trinajstić information content (AvgIpc) is 3.27. The highest BCUT2D eigenvalue weighted by Gasteiger charge is 2.21. The summed E-state index contributed by atoms with van der Waals surface area (Å²) in [6.45, 7) is 3.82. The molecule has 3 aromatic rings. The molecule has 0 atom stereocenters. The molecule has 0 spiro atoms. The van der Waals surface area contributed by atoms with E-state index in [4.69, 9.17) is 0 Å². The van der Waals surface area contributed by atoms with Crippen molar-refractivity contribution in [3.05, 3.63) is 59.7 Å². The molecule has 2 N–H and O–H groups in total. The number of piperazine rings is 1. The Balaban J connectivity index is 1.19. The molecule has 1 aliphatic rings. The van der Waals surface area contributed by atoms with Crippen molar-refractivity contribution < 1.29 is 14.4 Å². The first kappa shape index (κ1) is 24.8. The van der Waals surface area contributed by atoms with Crippen molar-refractivity contribution in [3.63, 3.8) is 0 Å². The fraction of sp³-hybridized carbons (Fsp3) is 0.385. The van der Waals surface area contributed by atoms with Crippen molar-refractivity contribution in [3.8, 4) is 0 Å². The second-order valence-corrected chi connectivity index (χ2v) is 9.81. The lowest BCUT2D eigenvalue weighted by Crippen LogP contribution is -2.47. The normalized spacial score (nSPS) is 14.1. The van der Waals surface area contributed by atoms with E-state index in [1.54, 1.807) is 12.1 Å². The van der Waals surface area contributed by atoms with Crippen LogP contribution in [-0.4, -0.2) is 72.3 Å². The van der Waals surface area contributed by atoms with Gasteiger partial charge >= 0.3 is 0 Å². The molecule has 1 aromatic heterocycles. The largest absolute Gasteiger partial charge is 0.352 e. The lowest BCUT2D eigenvalue weighted by molar-refractivity contribution is -0.116. The monoisotopic (exact) mass is 493 g/mol. The van der Waals surface area contributed by atoms with Crippen LogP contribution in [0.3, 0.4) is 0 Å². The molecule has 2 aromatic carbocycles. The number of thiazole rings is 1. The number of hydrogen-bond donors (Lipinski definition) is 2. The second kappa shape index (κ2) is 11.9. The molecule has 0 bridgehead atoms. The van der Waals surface area contributed by atoms with Gasteiger partial charge in [0.2, 0.25) is 5.91 Å². The van der Waals surface area contributed by atoms with E-state index in [9.17, 15) is 14.4 Å². The van der Waals surface area contributed by atoms with Crippen LogP contribution in [0.1, 0.15) is 46.4 Å². The van der Waals surface area contributed by atoms with E-state index in [-0.39, 0.29) is 17.7 Å². The Labute approximate surface area is 209 Å². The van der Waals surface area contributed by atoms with Gasteiger partial charge in [-0.05, 0) is 50.2 Å². The lowest BCUT2D eigenvalue weighted by Gasteiger charge is -2.32. The number of aromatic nitrogens is 1. The van der Waals surface area contributed by atoms with Crippen LogP contribution in [0.5, 0.6) is 0 Å². The van der Waals surface area contributed by atoms with Crippen LogP contribution in [0.4, 0.5) is 5.13 Å². The molecular weight excluding hydrogens is 462 g/mol. The molecule has 1 saturated heterocycles. The SMILES string of the molecule is CN1CCN(C(=O)c2ccc3nc(NC(=O)CCCCCNC(=O)c4ccccc4)sc3c2)CC1. The van der Waals surface area contributed by atoms with Crippen molar-refractivity contribution in [2.24, 2.45) is 0 Å². The van der Waals surface area contributed by atoms with Gasteiger partial charge in [-0.25, -0.2) is 4.98 Å². The van der Waals surface area contributed by atoms with Crippen molar-refractivity contribution >= 4 is 44.4 Å². The summed E-state index contributed by atoms with van der Waals surface area (Å²) in [5.74, 6) is -0.113. The molecule has 35 heavy (non-hydrogen) atoms. The van der Waals surface area contributed by atoms with Crippen LogP contribution in [0.2, 0.25) is 0 Å². The Morgan fingerprint density at radius 3 is 2.49 bits per heavy atom. The number of hydrogen-bond acceptors (Lipinski definition) is 6. The number of carbonyl (C=O) groups excluding carboxylic acids is 3. The molecule has 2 heterocycles. The molecule has 184 valence electrons. The number of likely N-dealkylation sites (N-methyl/N-ethyl adjacent to an activating group) is 1. The van der Waals surface area contributed by atoms with Gasteiger partial charge in [-0.15, -0.1) is 0 Å². The minimum atomic E-state index is -0.0777. The predicted molar refractivity (Wildman–Crippen MR) is 139 cm³/mol. The number of rotatable bonds is 9. The molecule has 0 unspecified atom stereocenters. The van der Waals surface area contributed by atoms with Gasteiger partial charge in [-0.2, -0.15) is 0 Å². The number of carbonyl (C=O) groups is 3. The topological polar surface area (TPSA) is 94.6 Å². The summed E-state index contributed by atoms with van der Waals surface area (Å²) >= 11 is 1.38. The molecule has 9 heteroatoms. The van der Waals surface area contributed by atoms with Crippen LogP contribution in [0, 0.1) is 0 Å². The summed E-state index contributed by atoms with van der Waals surface area (Å²) in [6.07, 6.45) is 2.80. The van der Waals surface area contributed by atoms with Crippen LogP contribution in [0.25, 0.3) is 10.2 Å². The van der Waals surface area contributed by atoms with Gasteiger partial charge < -0.3 is 20.4 Å². The average molecular weight is 494 g/mol. The van der Waals surface area contributed by atoms with E-state index in [2.05, 4.69) is 27.6 Å². The minimum Gasteiger partial charge on any atom is -0.352 e. The van der Waals surface area contributed by atoms with Crippen LogP contribution in [-0.2, 0) is 4.79 Å². The smallest absolute Gasteiger partial charge is 0.253 e. The molecule has 0 saturated carbocycles. The zero-order valence-electron chi connectivity index (χ0n) is 20.0. The van der Waals surface area contributed by atoms with Gasteiger partial charge in [0.25, 0.3) is 11.8 Å². The number of unbranched alkanes of at least 4 members (excludes halogenated alkanes) is 2. The van der Waals surface area contributed by atoms with E-state index in [0.717, 1.165) is 55.7 Å². The molecule has 0 aliphatic carbocycles. The summed E-state index contributed by atoms with van der Waals surface area (Å²) in [5, 5.41) is 6.32. The maximum absolute atomic E-state index is 12.8. The van der Waals surface area contributed by atoms with Crippen molar-refractivity contribution in [2.45, 2.75) is 25.7 Å². The number of nitrogens with zero attached hydrogens (tertiary/aromatic N) is 3. The van der Waals surface area contributed by atoms with E-state index in [0.29, 0.717) is 29.2 Å². The van der Waals surface area contributed by atoms with E-state index < -0.39 is 0 Å². The Bertz CT molecular complexity index is 1170. The Morgan fingerprint density at radius 1 is 0.943 bits per heavy atom.